The highest BCUT2D eigenvalue weighted by atomic mass is 32.2. The minimum atomic E-state index is -3.67. The summed E-state index contributed by atoms with van der Waals surface area (Å²) in [7, 11) is -11.0. The smallest absolute Gasteiger partial charge is 0.264 e. The second kappa shape index (κ2) is 19.9. The summed E-state index contributed by atoms with van der Waals surface area (Å²) in [5.74, 6) is -0.396. The molecule has 0 rings (SSSR count). The van der Waals surface area contributed by atoms with Crippen LogP contribution < -0.4 is 0 Å². The third-order valence-electron chi connectivity index (χ3n) is 2.06. The fourth-order valence-corrected chi connectivity index (χ4v) is 2.56. The summed E-state index contributed by atoms with van der Waals surface area (Å²) in [5.41, 5.74) is 0. The highest BCUT2D eigenvalue weighted by molar-refractivity contribution is 7.86. The zero-order chi connectivity index (χ0) is 23.4. The van der Waals surface area contributed by atoms with Gasteiger partial charge in [-0.25, -0.2) is 0 Å². The average molecular weight is 479 g/mol. The van der Waals surface area contributed by atoms with E-state index in [9.17, 15) is 25.3 Å². The van der Waals surface area contributed by atoms with E-state index in [-0.39, 0.29) is 36.9 Å². The van der Waals surface area contributed by atoms with Crippen molar-refractivity contribution in [3.05, 3.63) is 0 Å². The van der Waals surface area contributed by atoms with Crippen molar-refractivity contribution in [2.24, 2.45) is 0 Å². The molecule has 0 saturated carbocycles. The van der Waals surface area contributed by atoms with Crippen LogP contribution in [0.5, 0.6) is 0 Å². The molecule has 1 atom stereocenters. The molecule has 0 amide bonds. The molecule has 0 aliphatic carbocycles. The molecule has 6 N–H and O–H groups in total. The average Bonchev–Trinajstić information content (AvgIpc) is 2.45. The molecule has 0 radical (unpaired) electrons. The van der Waals surface area contributed by atoms with Gasteiger partial charge in [0.25, 0.3) is 30.4 Å². The van der Waals surface area contributed by atoms with Crippen LogP contribution in [0.2, 0.25) is 0 Å². The largest absolute Gasteiger partial charge is 0.396 e. The van der Waals surface area contributed by atoms with E-state index in [2.05, 4.69) is 0 Å². The first-order valence-corrected chi connectivity index (χ1v) is 13.1. The van der Waals surface area contributed by atoms with Gasteiger partial charge in [-0.3, -0.25) is 13.7 Å². The predicted octanol–water partition coefficient (Wildman–Crippen LogP) is -0.425. The van der Waals surface area contributed by atoms with Crippen molar-refractivity contribution < 1.29 is 54.2 Å². The molecule has 0 aliphatic rings. The Morgan fingerprint density at radius 2 is 0.893 bits per heavy atom. The maximum absolute atomic E-state index is 9.79. The first-order valence-electron chi connectivity index (χ1n) is 8.24. The lowest BCUT2D eigenvalue weighted by atomic mass is 10.3. The minimum absolute atomic E-state index is 0.0677. The van der Waals surface area contributed by atoms with Gasteiger partial charge in [-0.2, -0.15) is 25.3 Å². The van der Waals surface area contributed by atoms with Gasteiger partial charge in [-0.05, 0) is 25.7 Å². The molecule has 0 spiro atoms. The summed E-state index contributed by atoms with van der Waals surface area (Å²) in [6.45, 7) is 4.73. The Labute approximate surface area is 167 Å². The second-order valence-electron chi connectivity index (χ2n) is 5.21. The lowest BCUT2D eigenvalue weighted by Crippen LogP contribution is -2.12. The lowest BCUT2D eigenvalue weighted by molar-refractivity contribution is 0.0721. The molecule has 0 aromatic carbocycles. The van der Waals surface area contributed by atoms with E-state index in [1.54, 1.807) is 20.8 Å². The molecule has 176 valence electrons. The zero-order valence-corrected chi connectivity index (χ0v) is 18.7. The molecular weight excluding hydrogens is 444 g/mol. The number of hydrogen-bond acceptors (Lipinski definition) is 9. The van der Waals surface area contributed by atoms with Crippen molar-refractivity contribution in [3.8, 4) is 0 Å². The Bertz CT molecular complexity index is 545. The van der Waals surface area contributed by atoms with E-state index >= 15 is 0 Å². The third kappa shape index (κ3) is 56.2. The summed E-state index contributed by atoms with van der Waals surface area (Å²) < 4.78 is 82.7. The van der Waals surface area contributed by atoms with E-state index in [0.717, 1.165) is 0 Å². The van der Waals surface area contributed by atoms with E-state index in [1.807, 2.05) is 0 Å². The predicted molar refractivity (Wildman–Crippen MR) is 105 cm³/mol. The minimum Gasteiger partial charge on any atom is -0.396 e. The quantitative estimate of drug-likeness (QED) is 0.232. The van der Waals surface area contributed by atoms with Gasteiger partial charge in [-0.15, -0.1) is 0 Å². The molecule has 15 heteroatoms. The van der Waals surface area contributed by atoms with Crippen molar-refractivity contribution >= 4 is 30.4 Å². The maximum Gasteiger partial charge on any atom is 0.264 e. The summed E-state index contributed by atoms with van der Waals surface area (Å²) in [5, 5.41) is 24.6. The zero-order valence-electron chi connectivity index (χ0n) is 16.3. The summed E-state index contributed by atoms with van der Waals surface area (Å²) >= 11 is 0. The van der Waals surface area contributed by atoms with Gasteiger partial charge in [0, 0.05) is 6.61 Å². The van der Waals surface area contributed by atoms with Crippen LogP contribution in [0.15, 0.2) is 0 Å². The highest BCUT2D eigenvalue weighted by Crippen LogP contribution is 1.85. The molecule has 1 unspecified atom stereocenters. The molecule has 28 heavy (non-hydrogen) atoms. The van der Waals surface area contributed by atoms with E-state index in [0.29, 0.717) is 19.3 Å². The van der Waals surface area contributed by atoms with Crippen LogP contribution in [0, 0.1) is 0 Å². The summed E-state index contributed by atoms with van der Waals surface area (Å²) in [6, 6.07) is 0. The molecule has 0 aromatic heterocycles. The second-order valence-corrected chi connectivity index (χ2v) is 9.92. The van der Waals surface area contributed by atoms with Gasteiger partial charge in [-0.1, -0.05) is 20.8 Å². The SMILES string of the molecule is CCCS(=O)(=O)O.CCCS(=O)(=O)O.CCCS(=O)(=O)O.OCCC(O)CO. The Morgan fingerprint density at radius 3 is 0.929 bits per heavy atom. The molecular formula is C13H34O12S3. The molecule has 0 heterocycles. The number of aliphatic hydroxyl groups excluding tert-OH is 3. The number of hydrogen-bond donors (Lipinski definition) is 6. The van der Waals surface area contributed by atoms with Crippen LogP contribution in [0.25, 0.3) is 0 Å². The Morgan fingerprint density at radius 1 is 0.643 bits per heavy atom. The van der Waals surface area contributed by atoms with Crippen LogP contribution in [-0.4, -0.2) is 90.8 Å². The molecule has 0 saturated heterocycles. The topological polar surface area (TPSA) is 224 Å². The van der Waals surface area contributed by atoms with E-state index in [1.165, 1.54) is 0 Å². The maximum atomic E-state index is 9.79. The van der Waals surface area contributed by atoms with E-state index < -0.39 is 36.5 Å². The molecule has 0 bridgehead atoms. The summed E-state index contributed by atoms with van der Waals surface area (Å²) in [6.07, 6.45) is 0.928. The fraction of sp³-hybridized carbons (Fsp3) is 1.00. The van der Waals surface area contributed by atoms with Crippen molar-refractivity contribution in [2.75, 3.05) is 30.5 Å². The normalized spacial score (nSPS) is 12.3. The Kier molecular flexibility index (Phi) is 24.9. The van der Waals surface area contributed by atoms with Gasteiger partial charge >= 0.3 is 0 Å². The van der Waals surface area contributed by atoms with Crippen LogP contribution >= 0.6 is 0 Å². The van der Waals surface area contributed by atoms with Gasteiger partial charge in [0.2, 0.25) is 0 Å². The Balaban J connectivity index is -0.000000137. The molecule has 0 aliphatic heterocycles. The van der Waals surface area contributed by atoms with Gasteiger partial charge < -0.3 is 15.3 Å². The van der Waals surface area contributed by atoms with Crippen LogP contribution in [0.3, 0.4) is 0 Å². The van der Waals surface area contributed by atoms with Crippen molar-refractivity contribution in [1.29, 1.82) is 0 Å². The first-order chi connectivity index (χ1) is 12.5. The third-order valence-corrected chi connectivity index (χ3v) is 4.83. The van der Waals surface area contributed by atoms with E-state index in [4.69, 9.17) is 29.0 Å². The van der Waals surface area contributed by atoms with Gasteiger partial charge in [0.15, 0.2) is 0 Å². The van der Waals surface area contributed by atoms with Crippen molar-refractivity contribution in [3.63, 3.8) is 0 Å². The van der Waals surface area contributed by atoms with Gasteiger partial charge in [0.1, 0.15) is 0 Å². The number of aliphatic hydroxyl groups is 3. The summed E-state index contributed by atoms with van der Waals surface area (Å²) in [4.78, 5) is 0. The number of rotatable bonds is 9. The fourth-order valence-electron chi connectivity index (χ4n) is 1.01. The standard InChI is InChI=1S/C4H10O3.3C3H8O3S/c5-2-1-4(7)3-6;3*1-2-3-7(4,5)6/h4-7H,1-3H2;3*2-3H2,1H3,(H,4,5,6). The lowest BCUT2D eigenvalue weighted by Gasteiger charge is -2.00. The monoisotopic (exact) mass is 478 g/mol. The van der Waals surface area contributed by atoms with Crippen molar-refractivity contribution in [1.82, 2.24) is 0 Å². The molecule has 0 fully saturated rings. The van der Waals surface area contributed by atoms with Crippen LogP contribution in [-0.2, 0) is 30.4 Å². The molecule has 12 nitrogen and oxygen atoms in total. The van der Waals surface area contributed by atoms with Crippen LogP contribution in [0.1, 0.15) is 46.5 Å². The van der Waals surface area contributed by atoms with Gasteiger partial charge in [0.05, 0.1) is 30.0 Å². The van der Waals surface area contributed by atoms with Crippen molar-refractivity contribution in [2.45, 2.75) is 52.6 Å². The molecule has 0 aromatic rings. The van der Waals surface area contributed by atoms with Crippen LogP contribution in [0.4, 0.5) is 0 Å². The Hall–Kier alpha value is -0.390. The highest BCUT2D eigenvalue weighted by Gasteiger charge is 1.99. The first kappa shape index (κ1) is 35.1.